The number of phenols is 1. The number of hydrogen-bond acceptors (Lipinski definition) is 10. The van der Waals surface area contributed by atoms with E-state index in [2.05, 4.69) is 36.6 Å². The molecule has 1 aliphatic rings. The summed E-state index contributed by atoms with van der Waals surface area (Å²) < 4.78 is 5.41. The molecule has 0 bridgehead atoms. The molecule has 332 valence electrons. The smallest absolute Gasteiger partial charge is 0.408 e. The van der Waals surface area contributed by atoms with Gasteiger partial charge in [-0.2, -0.15) is 0 Å². The highest BCUT2D eigenvalue weighted by molar-refractivity contribution is 5.97. The number of ketones is 1. The maximum absolute atomic E-state index is 14.3. The SMILES string of the molecule is CCC(C)CC(NC(=O)C(CCc1ccc(O)cc1)NC(=O)C(CC(C)C)NC(=O)OC(C)(C)C)C(=O)NC(Cc1cnc[nH]1)C(=O)N1CCCC1C(=O)NC(C)C(C)=O. The fourth-order valence-corrected chi connectivity index (χ4v) is 6.74. The molecule has 0 radical (unpaired) electrons. The monoisotopic (exact) mass is 838 g/mol. The van der Waals surface area contributed by atoms with Crippen LogP contribution in [0.4, 0.5) is 4.79 Å². The van der Waals surface area contributed by atoms with Crippen LogP contribution >= 0.6 is 0 Å². The second kappa shape index (κ2) is 22.8. The van der Waals surface area contributed by atoms with Crippen LogP contribution in [0.2, 0.25) is 0 Å². The summed E-state index contributed by atoms with van der Waals surface area (Å²) in [4.78, 5) is 103. The van der Waals surface area contributed by atoms with Crippen LogP contribution in [0.25, 0.3) is 0 Å². The zero-order valence-electron chi connectivity index (χ0n) is 36.6. The highest BCUT2D eigenvalue weighted by atomic mass is 16.6. The first-order chi connectivity index (χ1) is 28.2. The zero-order chi connectivity index (χ0) is 44.7. The number of alkyl carbamates (subject to hydrolysis) is 1. The van der Waals surface area contributed by atoms with E-state index in [9.17, 15) is 38.7 Å². The van der Waals surface area contributed by atoms with Gasteiger partial charge >= 0.3 is 6.09 Å². The molecule has 17 nitrogen and oxygen atoms in total. The van der Waals surface area contributed by atoms with Crippen LogP contribution in [0.3, 0.4) is 0 Å². The van der Waals surface area contributed by atoms with E-state index in [0.717, 1.165) is 5.56 Å². The van der Waals surface area contributed by atoms with Crippen LogP contribution in [0.1, 0.15) is 112 Å². The van der Waals surface area contributed by atoms with Crippen LogP contribution in [0.5, 0.6) is 5.75 Å². The molecule has 1 fully saturated rings. The molecule has 1 saturated heterocycles. The number of phenolic OH excluding ortho intramolecular Hbond substituents is 1. The van der Waals surface area contributed by atoms with Gasteiger partial charge in [-0.05, 0) is 103 Å². The van der Waals surface area contributed by atoms with Crippen molar-refractivity contribution in [1.82, 2.24) is 41.5 Å². The Morgan fingerprint density at radius 1 is 0.867 bits per heavy atom. The fourth-order valence-electron chi connectivity index (χ4n) is 6.74. The highest BCUT2D eigenvalue weighted by Crippen LogP contribution is 2.21. The summed E-state index contributed by atoms with van der Waals surface area (Å²) in [7, 11) is 0. The van der Waals surface area contributed by atoms with Gasteiger partial charge in [-0.3, -0.25) is 28.8 Å². The number of aromatic nitrogens is 2. The molecule has 7 unspecified atom stereocenters. The number of rotatable bonds is 21. The molecule has 0 aliphatic carbocycles. The van der Waals surface area contributed by atoms with E-state index in [1.165, 1.54) is 36.5 Å². The summed E-state index contributed by atoms with van der Waals surface area (Å²) in [5, 5.41) is 23.7. The standard InChI is InChI=1S/C43H66N8O9/c1-10-26(4)21-34(39(56)49-35(22-30-23-44-24-45-30)41(58)51-19-11-12-36(51)40(57)46-27(5)28(6)52)48-37(54)32(18-15-29-13-16-31(53)17-14-29)47-38(55)33(20-25(2)3)50-42(59)60-43(7,8)9/h13-14,16-17,23-27,32-36,53H,10-12,15,18-22H2,1-9H3,(H,44,45)(H,46,57)(H,47,55)(H,48,54)(H,49,56)(H,50,59). The molecule has 1 aromatic carbocycles. The minimum atomic E-state index is -1.17. The summed E-state index contributed by atoms with van der Waals surface area (Å²) in [5.74, 6) is -3.10. The van der Waals surface area contributed by atoms with Gasteiger partial charge in [0, 0.05) is 24.9 Å². The molecule has 2 heterocycles. The van der Waals surface area contributed by atoms with Crippen molar-refractivity contribution in [3.8, 4) is 5.75 Å². The number of aromatic hydroxyl groups is 1. The lowest BCUT2D eigenvalue weighted by molar-refractivity contribution is -0.142. The highest BCUT2D eigenvalue weighted by Gasteiger charge is 2.40. The van der Waals surface area contributed by atoms with Crippen molar-refractivity contribution < 1.29 is 43.4 Å². The van der Waals surface area contributed by atoms with Crippen LogP contribution < -0.4 is 26.6 Å². The average molecular weight is 839 g/mol. The summed E-state index contributed by atoms with van der Waals surface area (Å²) in [6.07, 6.45) is 4.65. The third-order valence-corrected chi connectivity index (χ3v) is 10.4. The Hall–Kier alpha value is -5.48. The molecule has 0 spiro atoms. The van der Waals surface area contributed by atoms with Crippen LogP contribution in [-0.4, -0.2) is 110 Å². The van der Waals surface area contributed by atoms with Crippen molar-refractivity contribution in [2.24, 2.45) is 11.8 Å². The molecule has 17 heteroatoms. The van der Waals surface area contributed by atoms with Crippen LogP contribution in [-0.2, 0) is 46.3 Å². The Labute approximate surface area is 353 Å². The van der Waals surface area contributed by atoms with Gasteiger partial charge in [0.15, 0.2) is 5.78 Å². The molecule has 60 heavy (non-hydrogen) atoms. The Bertz CT molecular complexity index is 1760. The maximum atomic E-state index is 14.3. The minimum absolute atomic E-state index is 0.0104. The van der Waals surface area contributed by atoms with Crippen LogP contribution in [0, 0.1) is 11.8 Å². The van der Waals surface area contributed by atoms with Gasteiger partial charge in [0.1, 0.15) is 41.6 Å². The first-order valence-electron chi connectivity index (χ1n) is 20.9. The molecule has 1 aromatic heterocycles. The molecule has 1 aliphatic heterocycles. The number of Topliss-reactive ketones (excluding diaryl/α,β-unsaturated/α-hetero) is 1. The summed E-state index contributed by atoms with van der Waals surface area (Å²) in [6.45, 7) is 16.0. The first kappa shape index (κ1) is 48.9. The third kappa shape index (κ3) is 15.9. The first-order valence-corrected chi connectivity index (χ1v) is 20.9. The van der Waals surface area contributed by atoms with Gasteiger partial charge in [0.05, 0.1) is 12.4 Å². The number of amides is 6. The minimum Gasteiger partial charge on any atom is -0.508 e. The lowest BCUT2D eigenvalue weighted by atomic mass is 9.97. The second-order valence-corrected chi connectivity index (χ2v) is 17.3. The predicted octanol–water partition coefficient (Wildman–Crippen LogP) is 3.21. The van der Waals surface area contributed by atoms with Crippen molar-refractivity contribution in [2.45, 2.75) is 156 Å². The lowest BCUT2D eigenvalue weighted by Gasteiger charge is -2.31. The van der Waals surface area contributed by atoms with E-state index in [0.29, 0.717) is 31.4 Å². The number of hydrogen-bond donors (Lipinski definition) is 7. The van der Waals surface area contributed by atoms with Gasteiger partial charge in [-0.15, -0.1) is 0 Å². The molecule has 3 rings (SSSR count). The molecular weight excluding hydrogens is 773 g/mol. The topological polar surface area (TPSA) is 241 Å². The van der Waals surface area contributed by atoms with Crippen molar-refractivity contribution in [3.63, 3.8) is 0 Å². The van der Waals surface area contributed by atoms with E-state index < -0.39 is 77.5 Å². The van der Waals surface area contributed by atoms with Crippen molar-refractivity contribution >= 4 is 41.4 Å². The number of ether oxygens (including phenoxy) is 1. The number of benzene rings is 1. The Morgan fingerprint density at radius 3 is 2.03 bits per heavy atom. The Morgan fingerprint density at radius 2 is 1.47 bits per heavy atom. The molecular formula is C43H66N8O9. The zero-order valence-corrected chi connectivity index (χ0v) is 36.6. The number of carbonyl (C=O) groups is 7. The van der Waals surface area contributed by atoms with Gasteiger partial charge in [0.2, 0.25) is 29.5 Å². The largest absolute Gasteiger partial charge is 0.508 e. The van der Waals surface area contributed by atoms with E-state index >= 15 is 0 Å². The Kier molecular flexibility index (Phi) is 18.6. The normalized spacial score (nSPS) is 17.0. The lowest BCUT2D eigenvalue weighted by Crippen LogP contribution is -2.60. The molecule has 7 N–H and O–H groups in total. The van der Waals surface area contributed by atoms with Crippen molar-refractivity contribution in [3.05, 3.63) is 48.0 Å². The van der Waals surface area contributed by atoms with Crippen molar-refractivity contribution in [1.29, 1.82) is 0 Å². The average Bonchev–Trinajstić information content (AvgIpc) is 3.88. The van der Waals surface area contributed by atoms with Gasteiger partial charge in [-0.1, -0.05) is 46.2 Å². The fraction of sp³-hybridized carbons (Fsp3) is 0.628. The summed E-state index contributed by atoms with van der Waals surface area (Å²) in [5.41, 5.74) is 0.515. The van der Waals surface area contributed by atoms with Gasteiger partial charge < -0.3 is 46.3 Å². The quantitative estimate of drug-likeness (QED) is 0.0969. The van der Waals surface area contributed by atoms with Gasteiger partial charge in [0.25, 0.3) is 0 Å². The molecule has 0 saturated carbocycles. The second-order valence-electron chi connectivity index (χ2n) is 17.3. The number of imidazole rings is 1. The number of aromatic amines is 1. The molecule has 2 aromatic rings. The number of carbonyl (C=O) groups excluding carboxylic acids is 7. The number of likely N-dealkylation sites (tertiary alicyclic amines) is 1. The van der Waals surface area contributed by atoms with E-state index in [-0.39, 0.29) is 55.6 Å². The maximum Gasteiger partial charge on any atom is 0.408 e. The van der Waals surface area contributed by atoms with E-state index in [1.807, 2.05) is 27.7 Å². The van der Waals surface area contributed by atoms with Crippen molar-refractivity contribution in [2.75, 3.05) is 6.54 Å². The van der Waals surface area contributed by atoms with Gasteiger partial charge in [-0.25, -0.2) is 9.78 Å². The van der Waals surface area contributed by atoms with Crippen LogP contribution in [0.15, 0.2) is 36.8 Å². The predicted molar refractivity (Wildman–Crippen MR) is 224 cm³/mol. The number of nitrogens with zero attached hydrogens (tertiary/aromatic N) is 2. The molecule has 7 atom stereocenters. The van der Waals surface area contributed by atoms with E-state index in [4.69, 9.17) is 4.74 Å². The van der Waals surface area contributed by atoms with E-state index in [1.54, 1.807) is 39.8 Å². The third-order valence-electron chi connectivity index (χ3n) is 10.4. The summed E-state index contributed by atoms with van der Waals surface area (Å²) in [6, 6.07) is 0.338. The number of H-pyrrole nitrogens is 1. The Balaban J connectivity index is 1.92. The summed E-state index contributed by atoms with van der Waals surface area (Å²) >= 11 is 0. The number of nitrogens with one attached hydrogen (secondary N) is 6. The molecule has 6 amide bonds. The number of aryl methyl sites for hydroxylation is 1.